The first-order valence-corrected chi connectivity index (χ1v) is 8.26. The summed E-state index contributed by atoms with van der Waals surface area (Å²) >= 11 is 4.37. The second-order valence-electron chi connectivity index (χ2n) is 3.53. The van der Waals surface area contributed by atoms with Crippen molar-refractivity contribution in [1.29, 1.82) is 0 Å². The minimum Gasteiger partial charge on any atom is -0.391 e. The maximum Gasteiger partial charge on any atom is 0.242 e. The second kappa shape index (κ2) is 6.06. The Bertz CT molecular complexity index is 658. The van der Waals surface area contributed by atoms with Gasteiger partial charge in [-0.2, -0.15) is 0 Å². The number of aliphatic hydroxyl groups is 1. The van der Waals surface area contributed by atoms with E-state index < -0.39 is 10.0 Å². The van der Waals surface area contributed by atoms with Gasteiger partial charge < -0.3 is 5.11 Å². The summed E-state index contributed by atoms with van der Waals surface area (Å²) in [5, 5.41) is 9.01. The predicted molar refractivity (Wildman–Crippen MR) is 74.0 cm³/mol. The van der Waals surface area contributed by atoms with E-state index in [2.05, 4.69) is 30.6 Å². The van der Waals surface area contributed by atoms with E-state index >= 15 is 0 Å². The van der Waals surface area contributed by atoms with Crippen LogP contribution in [0.25, 0.3) is 0 Å². The second-order valence-corrected chi connectivity index (χ2v) is 7.72. The van der Waals surface area contributed by atoms with Crippen molar-refractivity contribution in [1.82, 2.24) is 14.7 Å². The number of thiophene rings is 1. The van der Waals surface area contributed by atoms with Crippen molar-refractivity contribution in [2.24, 2.45) is 0 Å². The Morgan fingerprint density at radius 1 is 1.47 bits per heavy atom. The van der Waals surface area contributed by atoms with E-state index in [9.17, 15) is 8.42 Å². The first-order valence-electron chi connectivity index (χ1n) is 5.16. The SMILES string of the molecule is O=S(=O)(NCc1ccncn1)c1cc(CO)sc1Br. The number of aromatic nitrogens is 2. The lowest BCUT2D eigenvalue weighted by Crippen LogP contribution is -2.23. The molecule has 0 aromatic carbocycles. The van der Waals surface area contributed by atoms with Crippen LogP contribution in [-0.2, 0) is 23.2 Å². The standard InChI is InChI=1S/C10H10BrN3O3S2/c11-10-9(3-8(5-15)18-10)19(16,17)14-4-7-1-2-12-6-13-7/h1-3,6,14-15H,4-5H2. The summed E-state index contributed by atoms with van der Waals surface area (Å²) in [6.07, 6.45) is 2.90. The van der Waals surface area contributed by atoms with Crippen molar-refractivity contribution in [2.45, 2.75) is 18.0 Å². The van der Waals surface area contributed by atoms with Crippen LogP contribution >= 0.6 is 27.3 Å². The molecule has 0 bridgehead atoms. The monoisotopic (exact) mass is 363 g/mol. The van der Waals surface area contributed by atoms with Crippen molar-refractivity contribution >= 4 is 37.3 Å². The molecule has 0 radical (unpaired) electrons. The van der Waals surface area contributed by atoms with Crippen LogP contribution in [0.2, 0.25) is 0 Å². The Morgan fingerprint density at radius 3 is 2.84 bits per heavy atom. The molecule has 2 heterocycles. The maximum atomic E-state index is 12.1. The van der Waals surface area contributed by atoms with Gasteiger partial charge in [0.1, 0.15) is 11.2 Å². The molecule has 0 fully saturated rings. The van der Waals surface area contributed by atoms with Gasteiger partial charge in [-0.25, -0.2) is 23.1 Å². The van der Waals surface area contributed by atoms with Crippen LogP contribution in [0.1, 0.15) is 10.6 Å². The van der Waals surface area contributed by atoms with Gasteiger partial charge in [0, 0.05) is 11.1 Å². The van der Waals surface area contributed by atoms with Crippen LogP contribution in [-0.4, -0.2) is 23.5 Å². The van der Waals surface area contributed by atoms with Gasteiger partial charge in [-0.05, 0) is 28.1 Å². The van der Waals surface area contributed by atoms with Gasteiger partial charge in [0.2, 0.25) is 10.0 Å². The minimum absolute atomic E-state index is 0.0849. The number of sulfonamides is 1. The normalized spacial score (nSPS) is 11.7. The molecule has 0 unspecified atom stereocenters. The Morgan fingerprint density at radius 2 is 2.26 bits per heavy atom. The first kappa shape index (κ1) is 14.5. The van der Waals surface area contributed by atoms with E-state index in [0.717, 1.165) is 0 Å². The highest BCUT2D eigenvalue weighted by molar-refractivity contribution is 9.11. The molecule has 0 amide bonds. The summed E-state index contributed by atoms with van der Waals surface area (Å²) in [7, 11) is -3.64. The van der Waals surface area contributed by atoms with Crippen LogP contribution in [0, 0.1) is 0 Å². The third kappa shape index (κ3) is 3.57. The molecule has 0 aliphatic carbocycles. The summed E-state index contributed by atoms with van der Waals surface area (Å²) in [6, 6.07) is 3.07. The van der Waals surface area contributed by atoms with Gasteiger partial charge in [0.25, 0.3) is 0 Å². The van der Waals surface area contributed by atoms with E-state index in [1.807, 2.05) is 0 Å². The molecule has 2 rings (SSSR count). The summed E-state index contributed by atoms with van der Waals surface area (Å²) in [6.45, 7) is -0.105. The van der Waals surface area contributed by atoms with Gasteiger partial charge in [0.05, 0.1) is 22.6 Å². The number of nitrogens with one attached hydrogen (secondary N) is 1. The molecule has 102 valence electrons. The minimum atomic E-state index is -3.64. The van der Waals surface area contributed by atoms with E-state index in [1.165, 1.54) is 23.7 Å². The number of hydrogen-bond acceptors (Lipinski definition) is 6. The van der Waals surface area contributed by atoms with Gasteiger partial charge in [-0.15, -0.1) is 11.3 Å². The average molecular weight is 364 g/mol. The molecule has 0 saturated carbocycles. The molecule has 0 spiro atoms. The van der Waals surface area contributed by atoms with E-state index in [1.54, 1.807) is 12.3 Å². The summed E-state index contributed by atoms with van der Waals surface area (Å²) in [4.78, 5) is 8.39. The molecule has 2 aromatic heterocycles. The number of rotatable bonds is 5. The van der Waals surface area contributed by atoms with Crippen LogP contribution in [0.15, 0.2) is 33.3 Å². The zero-order valence-electron chi connectivity index (χ0n) is 9.58. The van der Waals surface area contributed by atoms with Crippen molar-refractivity contribution < 1.29 is 13.5 Å². The van der Waals surface area contributed by atoms with Gasteiger partial charge >= 0.3 is 0 Å². The lowest BCUT2D eigenvalue weighted by Gasteiger charge is -2.04. The highest BCUT2D eigenvalue weighted by Gasteiger charge is 2.20. The summed E-state index contributed by atoms with van der Waals surface area (Å²) in [5.74, 6) is 0. The van der Waals surface area contributed by atoms with Crippen LogP contribution in [0.4, 0.5) is 0 Å². The fourth-order valence-corrected chi connectivity index (χ4v) is 4.87. The number of hydrogen-bond donors (Lipinski definition) is 2. The molecule has 0 atom stereocenters. The molecular formula is C10H10BrN3O3S2. The first-order chi connectivity index (χ1) is 9.03. The van der Waals surface area contributed by atoms with E-state index in [0.29, 0.717) is 14.4 Å². The molecule has 19 heavy (non-hydrogen) atoms. The fraction of sp³-hybridized carbons (Fsp3) is 0.200. The number of nitrogens with zero attached hydrogens (tertiary/aromatic N) is 2. The molecule has 9 heteroatoms. The number of aliphatic hydroxyl groups excluding tert-OH is 1. The van der Waals surface area contributed by atoms with Crippen LogP contribution in [0.3, 0.4) is 0 Å². The Balaban J connectivity index is 2.16. The van der Waals surface area contributed by atoms with Crippen LogP contribution < -0.4 is 4.72 Å². The van der Waals surface area contributed by atoms with E-state index in [-0.39, 0.29) is 18.0 Å². The average Bonchev–Trinajstić information content (AvgIpc) is 2.80. The lowest BCUT2D eigenvalue weighted by molar-refractivity contribution is 0.285. The molecule has 0 saturated heterocycles. The van der Waals surface area contributed by atoms with Gasteiger partial charge in [0.15, 0.2) is 0 Å². The number of halogens is 1. The van der Waals surface area contributed by atoms with Crippen molar-refractivity contribution in [3.63, 3.8) is 0 Å². The van der Waals surface area contributed by atoms with Gasteiger partial charge in [-0.1, -0.05) is 0 Å². The Hall–Kier alpha value is -0.870. The van der Waals surface area contributed by atoms with E-state index in [4.69, 9.17) is 5.11 Å². The predicted octanol–water partition coefficient (Wildman–Crippen LogP) is 1.27. The highest BCUT2D eigenvalue weighted by Crippen LogP contribution is 2.31. The van der Waals surface area contributed by atoms with Crippen molar-refractivity contribution in [3.8, 4) is 0 Å². The zero-order chi connectivity index (χ0) is 13.9. The summed E-state index contributed by atoms with van der Waals surface area (Å²) < 4.78 is 27.1. The lowest BCUT2D eigenvalue weighted by atomic mass is 10.4. The van der Waals surface area contributed by atoms with Crippen LogP contribution in [0.5, 0.6) is 0 Å². The molecule has 0 aliphatic rings. The Labute approximate surface area is 122 Å². The third-order valence-electron chi connectivity index (χ3n) is 2.24. The largest absolute Gasteiger partial charge is 0.391 e. The summed E-state index contributed by atoms with van der Waals surface area (Å²) in [5.41, 5.74) is 0.576. The topological polar surface area (TPSA) is 92.2 Å². The Kier molecular flexibility index (Phi) is 4.63. The quantitative estimate of drug-likeness (QED) is 0.834. The molecule has 0 aliphatic heterocycles. The molecule has 2 N–H and O–H groups in total. The van der Waals surface area contributed by atoms with Crippen molar-refractivity contribution in [2.75, 3.05) is 0 Å². The smallest absolute Gasteiger partial charge is 0.242 e. The fourth-order valence-electron chi connectivity index (χ4n) is 1.33. The molecular weight excluding hydrogens is 354 g/mol. The molecule has 6 nitrogen and oxygen atoms in total. The third-order valence-corrected chi connectivity index (χ3v) is 5.88. The van der Waals surface area contributed by atoms with Gasteiger partial charge in [-0.3, -0.25) is 0 Å². The molecule has 2 aromatic rings. The zero-order valence-corrected chi connectivity index (χ0v) is 12.8. The highest BCUT2D eigenvalue weighted by atomic mass is 79.9. The van der Waals surface area contributed by atoms with Crippen molar-refractivity contribution in [3.05, 3.63) is 39.0 Å². The maximum absolute atomic E-state index is 12.1.